The molecular formula is C15H21NO3. The van der Waals surface area contributed by atoms with Crippen LogP contribution >= 0.6 is 0 Å². The first-order chi connectivity index (χ1) is 9.06. The molecule has 1 aromatic carbocycles. The van der Waals surface area contributed by atoms with E-state index >= 15 is 0 Å². The van der Waals surface area contributed by atoms with Gasteiger partial charge in [0.2, 0.25) is 0 Å². The predicted molar refractivity (Wildman–Crippen MR) is 75.2 cm³/mol. The van der Waals surface area contributed by atoms with E-state index in [1.54, 1.807) is 6.08 Å². The van der Waals surface area contributed by atoms with E-state index in [2.05, 4.69) is 11.9 Å². The van der Waals surface area contributed by atoms with E-state index in [0.29, 0.717) is 13.2 Å². The fraction of sp³-hybridized carbons (Fsp3) is 0.400. The molecule has 0 amide bonds. The third kappa shape index (κ3) is 4.75. The lowest BCUT2D eigenvalue weighted by Gasteiger charge is -2.19. The maximum Gasteiger partial charge on any atom is 0.320 e. The molecule has 0 aromatic heterocycles. The van der Waals surface area contributed by atoms with Crippen molar-refractivity contribution in [3.63, 3.8) is 0 Å². The molecule has 4 heteroatoms. The molecule has 0 radical (unpaired) electrons. The standard InChI is InChI=1S/C15H21NO3/c1-4-9-19-13-8-6-5-7-12(13)10-16-14(11(2)3)15(17)18/h4-8,11,14,16H,1,9-10H2,2-3H3,(H,17,18). The minimum atomic E-state index is -0.834. The summed E-state index contributed by atoms with van der Waals surface area (Å²) in [6.45, 7) is 8.26. The molecule has 1 atom stereocenters. The lowest BCUT2D eigenvalue weighted by atomic mass is 10.0. The van der Waals surface area contributed by atoms with Gasteiger partial charge in [-0.15, -0.1) is 0 Å². The van der Waals surface area contributed by atoms with Crippen molar-refractivity contribution >= 4 is 5.97 Å². The molecule has 0 bridgehead atoms. The van der Waals surface area contributed by atoms with E-state index in [1.807, 2.05) is 38.1 Å². The summed E-state index contributed by atoms with van der Waals surface area (Å²) in [4.78, 5) is 11.1. The van der Waals surface area contributed by atoms with Crippen LogP contribution in [-0.4, -0.2) is 23.7 Å². The lowest BCUT2D eigenvalue weighted by molar-refractivity contribution is -0.140. The molecule has 0 aliphatic carbocycles. The fourth-order valence-electron chi connectivity index (χ4n) is 1.77. The van der Waals surface area contributed by atoms with E-state index in [-0.39, 0.29) is 5.92 Å². The molecule has 0 aliphatic rings. The number of ether oxygens (including phenoxy) is 1. The summed E-state index contributed by atoms with van der Waals surface area (Å²) < 4.78 is 5.53. The quantitative estimate of drug-likeness (QED) is 0.707. The predicted octanol–water partition coefficient (Wildman–Crippen LogP) is 2.45. The van der Waals surface area contributed by atoms with Crippen molar-refractivity contribution in [2.75, 3.05) is 6.61 Å². The first-order valence-corrected chi connectivity index (χ1v) is 6.34. The Morgan fingerprint density at radius 1 is 1.47 bits per heavy atom. The van der Waals surface area contributed by atoms with Crippen LogP contribution in [0.1, 0.15) is 19.4 Å². The molecule has 104 valence electrons. The summed E-state index contributed by atoms with van der Waals surface area (Å²) in [6.07, 6.45) is 1.68. The van der Waals surface area contributed by atoms with Gasteiger partial charge in [0, 0.05) is 12.1 Å². The molecule has 0 heterocycles. The number of para-hydroxylation sites is 1. The summed E-state index contributed by atoms with van der Waals surface area (Å²) in [7, 11) is 0. The second-order valence-electron chi connectivity index (χ2n) is 4.65. The molecule has 19 heavy (non-hydrogen) atoms. The highest BCUT2D eigenvalue weighted by Crippen LogP contribution is 2.18. The van der Waals surface area contributed by atoms with Gasteiger partial charge in [-0.2, -0.15) is 0 Å². The molecule has 0 saturated heterocycles. The number of nitrogens with one attached hydrogen (secondary N) is 1. The first kappa shape index (κ1) is 15.2. The van der Waals surface area contributed by atoms with Crippen molar-refractivity contribution in [3.05, 3.63) is 42.5 Å². The topological polar surface area (TPSA) is 58.6 Å². The number of hydrogen-bond acceptors (Lipinski definition) is 3. The monoisotopic (exact) mass is 263 g/mol. The molecule has 1 unspecified atom stereocenters. The second kappa shape index (κ2) is 7.59. The minimum absolute atomic E-state index is 0.0266. The highest BCUT2D eigenvalue weighted by atomic mass is 16.5. The minimum Gasteiger partial charge on any atom is -0.489 e. The van der Waals surface area contributed by atoms with Gasteiger partial charge in [-0.25, -0.2) is 0 Å². The Labute approximate surface area is 114 Å². The smallest absolute Gasteiger partial charge is 0.320 e. The number of carboxylic acid groups (broad SMARTS) is 1. The van der Waals surface area contributed by atoms with Crippen LogP contribution in [0.2, 0.25) is 0 Å². The summed E-state index contributed by atoms with van der Waals surface area (Å²) in [5.74, 6) is -0.0546. The Morgan fingerprint density at radius 3 is 2.74 bits per heavy atom. The highest BCUT2D eigenvalue weighted by Gasteiger charge is 2.20. The number of carboxylic acids is 1. The summed E-state index contributed by atoms with van der Waals surface area (Å²) in [5, 5.41) is 12.2. The third-order valence-electron chi connectivity index (χ3n) is 2.77. The Morgan fingerprint density at radius 2 is 2.16 bits per heavy atom. The van der Waals surface area contributed by atoms with Crippen molar-refractivity contribution in [3.8, 4) is 5.75 Å². The van der Waals surface area contributed by atoms with Crippen LogP contribution in [-0.2, 0) is 11.3 Å². The Hall–Kier alpha value is -1.81. The average Bonchev–Trinajstić information content (AvgIpc) is 2.37. The Bertz CT molecular complexity index is 429. The van der Waals surface area contributed by atoms with E-state index < -0.39 is 12.0 Å². The van der Waals surface area contributed by atoms with E-state index in [4.69, 9.17) is 9.84 Å². The maximum atomic E-state index is 11.1. The van der Waals surface area contributed by atoms with Crippen molar-refractivity contribution in [2.45, 2.75) is 26.4 Å². The van der Waals surface area contributed by atoms with Crippen LogP contribution in [0, 0.1) is 5.92 Å². The van der Waals surface area contributed by atoms with Gasteiger partial charge < -0.3 is 9.84 Å². The number of carbonyl (C=O) groups is 1. The van der Waals surface area contributed by atoms with Gasteiger partial charge in [-0.3, -0.25) is 10.1 Å². The number of aliphatic carboxylic acids is 1. The van der Waals surface area contributed by atoms with Gasteiger partial charge >= 0.3 is 5.97 Å². The summed E-state index contributed by atoms with van der Waals surface area (Å²) >= 11 is 0. The maximum absolute atomic E-state index is 11.1. The van der Waals surface area contributed by atoms with Gasteiger partial charge in [0.15, 0.2) is 0 Å². The van der Waals surface area contributed by atoms with Crippen LogP contribution in [0.25, 0.3) is 0 Å². The number of benzene rings is 1. The normalized spacial score (nSPS) is 12.2. The van der Waals surface area contributed by atoms with Crippen LogP contribution in [0.15, 0.2) is 36.9 Å². The highest BCUT2D eigenvalue weighted by molar-refractivity contribution is 5.73. The van der Waals surface area contributed by atoms with Gasteiger partial charge in [-0.1, -0.05) is 44.7 Å². The molecule has 2 N–H and O–H groups in total. The Kier molecular flexibility index (Phi) is 6.09. The van der Waals surface area contributed by atoms with Crippen molar-refractivity contribution < 1.29 is 14.6 Å². The largest absolute Gasteiger partial charge is 0.489 e. The zero-order valence-electron chi connectivity index (χ0n) is 11.4. The van der Waals surface area contributed by atoms with Gasteiger partial charge in [-0.05, 0) is 12.0 Å². The number of rotatable bonds is 8. The van der Waals surface area contributed by atoms with Gasteiger partial charge in [0.25, 0.3) is 0 Å². The molecule has 1 aromatic rings. The zero-order valence-corrected chi connectivity index (χ0v) is 11.4. The fourth-order valence-corrected chi connectivity index (χ4v) is 1.77. The van der Waals surface area contributed by atoms with Crippen LogP contribution < -0.4 is 10.1 Å². The van der Waals surface area contributed by atoms with E-state index in [9.17, 15) is 4.79 Å². The molecule has 0 aliphatic heterocycles. The van der Waals surface area contributed by atoms with Crippen molar-refractivity contribution in [2.24, 2.45) is 5.92 Å². The van der Waals surface area contributed by atoms with Gasteiger partial charge in [0.05, 0.1) is 0 Å². The lowest BCUT2D eigenvalue weighted by Crippen LogP contribution is -2.40. The second-order valence-corrected chi connectivity index (χ2v) is 4.65. The molecular weight excluding hydrogens is 242 g/mol. The molecule has 1 rings (SSSR count). The van der Waals surface area contributed by atoms with Crippen LogP contribution in [0.5, 0.6) is 5.75 Å². The Balaban J connectivity index is 2.70. The van der Waals surface area contributed by atoms with E-state index in [0.717, 1.165) is 11.3 Å². The first-order valence-electron chi connectivity index (χ1n) is 6.34. The molecule has 0 fully saturated rings. The molecule has 0 spiro atoms. The SMILES string of the molecule is C=CCOc1ccccc1CNC(C(=O)O)C(C)C. The average molecular weight is 263 g/mol. The van der Waals surface area contributed by atoms with Gasteiger partial charge in [0.1, 0.15) is 18.4 Å². The van der Waals surface area contributed by atoms with E-state index in [1.165, 1.54) is 0 Å². The zero-order chi connectivity index (χ0) is 14.3. The summed E-state index contributed by atoms with van der Waals surface area (Å²) in [6, 6.07) is 7.02. The van der Waals surface area contributed by atoms with Crippen molar-refractivity contribution in [1.82, 2.24) is 5.32 Å². The summed E-state index contributed by atoms with van der Waals surface area (Å²) in [5.41, 5.74) is 0.941. The van der Waals surface area contributed by atoms with Crippen LogP contribution in [0.4, 0.5) is 0 Å². The van der Waals surface area contributed by atoms with Crippen LogP contribution in [0.3, 0.4) is 0 Å². The molecule has 4 nitrogen and oxygen atoms in total. The third-order valence-corrected chi connectivity index (χ3v) is 2.77. The van der Waals surface area contributed by atoms with Crippen molar-refractivity contribution in [1.29, 1.82) is 0 Å². The molecule has 0 saturated carbocycles. The number of hydrogen-bond donors (Lipinski definition) is 2.